The van der Waals surface area contributed by atoms with Crippen LogP contribution in [0.5, 0.6) is 11.5 Å². The van der Waals surface area contributed by atoms with E-state index in [1.54, 1.807) is 0 Å². The van der Waals surface area contributed by atoms with Crippen molar-refractivity contribution in [1.29, 1.82) is 0 Å². The molecule has 0 aliphatic rings. The van der Waals surface area contributed by atoms with Gasteiger partial charge in [0.25, 0.3) is 0 Å². The van der Waals surface area contributed by atoms with Crippen LogP contribution in [0.1, 0.15) is 11.1 Å². The zero-order valence-electron chi connectivity index (χ0n) is 11.3. The number of nitrogens with one attached hydrogen (secondary N) is 1. The Labute approximate surface area is 130 Å². The molecule has 0 spiro atoms. The first-order valence-electron chi connectivity index (χ1n) is 6.23. The molecule has 0 aliphatic carbocycles. The first-order chi connectivity index (χ1) is 10.5. The third-order valence-electron chi connectivity index (χ3n) is 2.75. The van der Waals surface area contributed by atoms with Crippen molar-refractivity contribution in [2.75, 3.05) is 0 Å². The second-order valence-electron chi connectivity index (χ2n) is 4.47. The van der Waals surface area contributed by atoms with Crippen LogP contribution in [0.25, 0.3) is 0 Å². The summed E-state index contributed by atoms with van der Waals surface area (Å²) in [6, 6.07) is 8.19. The molecule has 0 bridgehead atoms. The highest BCUT2D eigenvalue weighted by molar-refractivity contribution is 6.32. The van der Waals surface area contributed by atoms with Crippen molar-refractivity contribution in [1.82, 2.24) is 5.43 Å². The van der Waals surface area contributed by atoms with Gasteiger partial charge >= 0.3 is 0 Å². The van der Waals surface area contributed by atoms with Crippen LogP contribution in [0.2, 0.25) is 5.02 Å². The molecule has 0 aliphatic heterocycles. The van der Waals surface area contributed by atoms with Gasteiger partial charge in [-0.05, 0) is 35.4 Å². The topological polar surface area (TPSA) is 81.9 Å². The maximum atomic E-state index is 12.7. The van der Waals surface area contributed by atoms with Crippen LogP contribution in [-0.2, 0) is 11.2 Å². The highest BCUT2D eigenvalue weighted by atomic mass is 35.5. The van der Waals surface area contributed by atoms with Crippen molar-refractivity contribution in [2.45, 2.75) is 6.42 Å². The number of nitrogens with zero attached hydrogens (tertiary/aromatic N) is 1. The third-order valence-corrected chi connectivity index (χ3v) is 3.03. The number of hydrazone groups is 1. The summed E-state index contributed by atoms with van der Waals surface area (Å²) >= 11 is 5.69. The Bertz CT molecular complexity index is 694. The van der Waals surface area contributed by atoms with E-state index in [9.17, 15) is 19.4 Å². The lowest BCUT2D eigenvalue weighted by Crippen LogP contribution is -2.19. The molecular weight excluding hydrogens is 311 g/mol. The molecule has 1 amide bonds. The fraction of sp³-hybridized carbons (Fsp3) is 0.0667. The van der Waals surface area contributed by atoms with Crippen molar-refractivity contribution in [3.05, 3.63) is 58.4 Å². The van der Waals surface area contributed by atoms with E-state index in [0.29, 0.717) is 11.1 Å². The number of hydrogen-bond acceptors (Lipinski definition) is 4. The van der Waals surface area contributed by atoms with Gasteiger partial charge in [0.15, 0.2) is 11.5 Å². The molecule has 3 N–H and O–H groups in total. The standard InChI is InChI=1S/C15H12ClFN2O3/c16-12-5-10(6-13(20)15(12)22)8-18-19-14(21)7-9-1-3-11(17)4-2-9/h1-6,8,20,22H,7H2,(H,19,21). The molecule has 22 heavy (non-hydrogen) atoms. The molecule has 114 valence electrons. The third kappa shape index (κ3) is 4.20. The molecule has 2 rings (SSSR count). The quantitative estimate of drug-likeness (QED) is 0.460. The number of phenolic OH excluding ortho intramolecular Hbond substituents is 2. The average Bonchev–Trinajstić information content (AvgIpc) is 2.47. The molecule has 2 aromatic carbocycles. The number of phenols is 2. The molecular formula is C15H12ClFN2O3. The maximum Gasteiger partial charge on any atom is 0.244 e. The Morgan fingerprint density at radius 1 is 1.27 bits per heavy atom. The predicted octanol–water partition coefficient (Wildman–Crippen LogP) is 2.58. The normalized spacial score (nSPS) is 10.8. The highest BCUT2D eigenvalue weighted by Gasteiger charge is 2.06. The van der Waals surface area contributed by atoms with Gasteiger partial charge in [0.05, 0.1) is 17.7 Å². The molecule has 0 unspecified atom stereocenters. The van der Waals surface area contributed by atoms with E-state index < -0.39 is 5.75 Å². The summed E-state index contributed by atoms with van der Waals surface area (Å²) in [5, 5.41) is 22.4. The number of benzene rings is 2. The predicted molar refractivity (Wildman–Crippen MR) is 80.6 cm³/mol. The van der Waals surface area contributed by atoms with Crippen LogP contribution in [0, 0.1) is 5.82 Å². The lowest BCUT2D eigenvalue weighted by molar-refractivity contribution is -0.120. The van der Waals surface area contributed by atoms with Crippen LogP contribution in [0.3, 0.4) is 0 Å². The fourth-order valence-corrected chi connectivity index (χ4v) is 1.91. The molecule has 5 nitrogen and oxygen atoms in total. The van der Waals surface area contributed by atoms with Crippen molar-refractivity contribution < 1.29 is 19.4 Å². The molecule has 0 saturated heterocycles. The lowest BCUT2D eigenvalue weighted by Gasteiger charge is -2.02. The molecule has 0 atom stereocenters. The number of aromatic hydroxyl groups is 2. The second-order valence-corrected chi connectivity index (χ2v) is 4.87. The number of carbonyl (C=O) groups excluding carboxylic acids is 1. The first kappa shape index (κ1) is 15.8. The number of carbonyl (C=O) groups is 1. The summed E-state index contributed by atoms with van der Waals surface area (Å²) in [7, 11) is 0. The fourth-order valence-electron chi connectivity index (χ4n) is 1.69. The van der Waals surface area contributed by atoms with Crippen molar-refractivity contribution >= 4 is 23.7 Å². The highest BCUT2D eigenvalue weighted by Crippen LogP contribution is 2.33. The van der Waals surface area contributed by atoms with Crippen LogP contribution in [-0.4, -0.2) is 22.3 Å². The van der Waals surface area contributed by atoms with E-state index in [2.05, 4.69) is 10.5 Å². The molecule has 2 aromatic rings. The summed E-state index contributed by atoms with van der Waals surface area (Å²) in [4.78, 5) is 11.6. The van der Waals surface area contributed by atoms with Crippen molar-refractivity contribution in [2.24, 2.45) is 5.10 Å². The molecule has 0 aromatic heterocycles. The van der Waals surface area contributed by atoms with Gasteiger partial charge in [-0.1, -0.05) is 23.7 Å². The summed E-state index contributed by atoms with van der Waals surface area (Å²) in [5.41, 5.74) is 3.35. The Balaban J connectivity index is 1.94. The van der Waals surface area contributed by atoms with E-state index in [1.807, 2.05) is 0 Å². The van der Waals surface area contributed by atoms with Crippen molar-refractivity contribution in [3.8, 4) is 11.5 Å². The Kier molecular flexibility index (Phi) is 4.95. The van der Waals surface area contributed by atoms with Crippen LogP contribution >= 0.6 is 11.6 Å². The molecule has 0 saturated carbocycles. The number of halogens is 2. The van der Waals surface area contributed by atoms with E-state index in [4.69, 9.17) is 11.6 Å². The largest absolute Gasteiger partial charge is 0.504 e. The smallest absolute Gasteiger partial charge is 0.244 e. The van der Waals surface area contributed by atoms with Crippen LogP contribution in [0.15, 0.2) is 41.5 Å². The minimum absolute atomic E-state index is 0.0286. The van der Waals surface area contributed by atoms with Crippen molar-refractivity contribution in [3.63, 3.8) is 0 Å². The second kappa shape index (κ2) is 6.91. The average molecular weight is 323 g/mol. The summed E-state index contributed by atoms with van der Waals surface area (Å²) in [5.74, 6) is -1.55. The minimum Gasteiger partial charge on any atom is -0.504 e. The number of amides is 1. The monoisotopic (exact) mass is 322 g/mol. The van der Waals surface area contributed by atoms with E-state index in [1.165, 1.54) is 42.6 Å². The van der Waals surface area contributed by atoms with E-state index in [-0.39, 0.29) is 28.9 Å². The van der Waals surface area contributed by atoms with Gasteiger partial charge in [0, 0.05) is 0 Å². The zero-order chi connectivity index (χ0) is 16.1. The Hall–Kier alpha value is -2.60. The van der Waals surface area contributed by atoms with Gasteiger partial charge in [0.1, 0.15) is 5.82 Å². The van der Waals surface area contributed by atoms with E-state index in [0.717, 1.165) is 0 Å². The Morgan fingerprint density at radius 3 is 2.59 bits per heavy atom. The molecule has 0 fully saturated rings. The maximum absolute atomic E-state index is 12.7. The van der Waals surface area contributed by atoms with Gasteiger partial charge in [-0.3, -0.25) is 4.79 Å². The molecule has 7 heteroatoms. The van der Waals surface area contributed by atoms with Gasteiger partial charge in [-0.15, -0.1) is 0 Å². The summed E-state index contributed by atoms with van der Waals surface area (Å²) < 4.78 is 12.7. The molecule has 0 radical (unpaired) electrons. The number of rotatable bonds is 4. The molecule has 0 heterocycles. The van der Waals surface area contributed by atoms with Gasteiger partial charge in [-0.2, -0.15) is 5.10 Å². The first-order valence-corrected chi connectivity index (χ1v) is 6.61. The Morgan fingerprint density at radius 2 is 1.95 bits per heavy atom. The van der Waals surface area contributed by atoms with Gasteiger partial charge in [-0.25, -0.2) is 9.82 Å². The van der Waals surface area contributed by atoms with E-state index >= 15 is 0 Å². The summed E-state index contributed by atoms with van der Waals surface area (Å²) in [6.07, 6.45) is 1.33. The lowest BCUT2D eigenvalue weighted by atomic mass is 10.1. The number of hydrogen-bond donors (Lipinski definition) is 3. The van der Waals surface area contributed by atoms with Gasteiger partial charge < -0.3 is 10.2 Å². The van der Waals surface area contributed by atoms with Crippen LogP contribution < -0.4 is 5.43 Å². The minimum atomic E-state index is -0.417. The van der Waals surface area contributed by atoms with Gasteiger partial charge in [0.2, 0.25) is 5.91 Å². The van der Waals surface area contributed by atoms with Crippen LogP contribution in [0.4, 0.5) is 4.39 Å². The zero-order valence-corrected chi connectivity index (χ0v) is 12.0. The summed E-state index contributed by atoms with van der Waals surface area (Å²) in [6.45, 7) is 0. The SMILES string of the molecule is O=C(Cc1ccc(F)cc1)NN=Cc1cc(O)c(O)c(Cl)c1.